The molecule has 26 heavy (non-hydrogen) atoms. The van der Waals surface area contributed by atoms with Gasteiger partial charge in [-0.05, 0) is 43.3 Å². The van der Waals surface area contributed by atoms with Crippen molar-refractivity contribution < 1.29 is 26.7 Å². The third kappa shape index (κ3) is 4.77. The Hall–Kier alpha value is -2.52. The van der Waals surface area contributed by atoms with Crippen molar-refractivity contribution in [2.45, 2.75) is 11.8 Å². The van der Waals surface area contributed by atoms with Gasteiger partial charge in [-0.2, -0.15) is 4.31 Å². The molecule has 0 unspecified atom stereocenters. The zero-order chi connectivity index (χ0) is 19.3. The number of carbonyl (C=O) groups excluding carboxylic acids is 1. The van der Waals surface area contributed by atoms with Gasteiger partial charge < -0.3 is 10.1 Å². The summed E-state index contributed by atoms with van der Waals surface area (Å²) in [6.45, 7) is 1.72. The Labute approximate surface area is 150 Å². The predicted octanol–water partition coefficient (Wildman–Crippen LogP) is 2.62. The molecule has 2 aromatic rings. The second kappa shape index (κ2) is 8.24. The third-order valence-electron chi connectivity index (χ3n) is 3.41. The average Bonchev–Trinajstić information content (AvgIpc) is 2.58. The molecule has 0 heterocycles. The fourth-order valence-corrected chi connectivity index (χ4v) is 3.25. The number of hydrogen-bond acceptors (Lipinski definition) is 4. The molecule has 2 rings (SSSR count). The molecule has 0 aliphatic heterocycles. The summed E-state index contributed by atoms with van der Waals surface area (Å²) in [5.41, 5.74) is -0.233. The molecular formula is C17H18F2N2O4S. The van der Waals surface area contributed by atoms with E-state index in [1.807, 2.05) is 0 Å². The van der Waals surface area contributed by atoms with Crippen molar-refractivity contribution in [3.8, 4) is 5.75 Å². The minimum absolute atomic E-state index is 0.00999. The molecule has 2 aromatic carbocycles. The van der Waals surface area contributed by atoms with Crippen LogP contribution in [0.5, 0.6) is 5.75 Å². The SMILES string of the molecule is CCOc1ccc(S(=O)(=O)N(C)CC(=O)Nc2ccc(F)cc2F)cc1. The van der Waals surface area contributed by atoms with Crippen LogP contribution in [0.25, 0.3) is 0 Å². The topological polar surface area (TPSA) is 75.7 Å². The van der Waals surface area contributed by atoms with Gasteiger partial charge in [0.2, 0.25) is 15.9 Å². The number of anilines is 1. The first-order chi connectivity index (χ1) is 12.2. The quantitative estimate of drug-likeness (QED) is 0.796. The lowest BCUT2D eigenvalue weighted by Crippen LogP contribution is -2.35. The summed E-state index contributed by atoms with van der Waals surface area (Å²) in [6, 6.07) is 8.43. The van der Waals surface area contributed by atoms with Crippen LogP contribution in [-0.2, 0) is 14.8 Å². The molecule has 0 bridgehead atoms. The number of ether oxygens (including phenoxy) is 1. The number of halogens is 2. The fourth-order valence-electron chi connectivity index (χ4n) is 2.12. The predicted molar refractivity (Wildman–Crippen MR) is 92.4 cm³/mol. The van der Waals surface area contributed by atoms with Crippen molar-refractivity contribution in [2.75, 3.05) is 25.5 Å². The minimum atomic E-state index is -3.91. The van der Waals surface area contributed by atoms with Crippen molar-refractivity contribution in [1.29, 1.82) is 0 Å². The largest absolute Gasteiger partial charge is 0.494 e. The maximum Gasteiger partial charge on any atom is 0.243 e. The van der Waals surface area contributed by atoms with E-state index in [-0.39, 0.29) is 10.6 Å². The van der Waals surface area contributed by atoms with Gasteiger partial charge in [0.15, 0.2) is 0 Å². The monoisotopic (exact) mass is 384 g/mol. The van der Waals surface area contributed by atoms with Crippen LogP contribution < -0.4 is 10.1 Å². The molecule has 0 radical (unpaired) electrons. The number of benzene rings is 2. The highest BCUT2D eigenvalue weighted by atomic mass is 32.2. The van der Waals surface area contributed by atoms with E-state index in [1.54, 1.807) is 6.92 Å². The maximum absolute atomic E-state index is 13.5. The number of nitrogens with one attached hydrogen (secondary N) is 1. The van der Waals surface area contributed by atoms with E-state index in [1.165, 1.54) is 31.3 Å². The summed E-state index contributed by atoms with van der Waals surface area (Å²) >= 11 is 0. The second-order valence-corrected chi connectivity index (χ2v) is 7.38. The van der Waals surface area contributed by atoms with Gasteiger partial charge in [-0.1, -0.05) is 0 Å². The lowest BCUT2D eigenvalue weighted by atomic mass is 10.3. The molecule has 9 heteroatoms. The smallest absolute Gasteiger partial charge is 0.243 e. The van der Waals surface area contributed by atoms with E-state index in [2.05, 4.69) is 5.32 Å². The Morgan fingerprint density at radius 2 is 1.81 bits per heavy atom. The van der Waals surface area contributed by atoms with Crippen LogP contribution in [0, 0.1) is 11.6 Å². The summed E-state index contributed by atoms with van der Waals surface area (Å²) < 4.78 is 57.5. The van der Waals surface area contributed by atoms with Crippen LogP contribution in [0.3, 0.4) is 0 Å². The highest BCUT2D eigenvalue weighted by molar-refractivity contribution is 7.89. The van der Waals surface area contributed by atoms with Gasteiger partial charge in [-0.25, -0.2) is 17.2 Å². The number of amides is 1. The van der Waals surface area contributed by atoms with E-state index in [0.29, 0.717) is 18.4 Å². The van der Waals surface area contributed by atoms with Crippen LogP contribution >= 0.6 is 0 Å². The van der Waals surface area contributed by atoms with E-state index in [9.17, 15) is 22.0 Å². The molecule has 6 nitrogen and oxygen atoms in total. The van der Waals surface area contributed by atoms with Gasteiger partial charge in [-0.3, -0.25) is 4.79 Å². The van der Waals surface area contributed by atoms with E-state index in [0.717, 1.165) is 16.4 Å². The highest BCUT2D eigenvalue weighted by Crippen LogP contribution is 2.19. The first kappa shape index (κ1) is 19.8. The zero-order valence-corrected chi connectivity index (χ0v) is 15.0. The maximum atomic E-state index is 13.5. The molecule has 0 aliphatic rings. The summed E-state index contributed by atoms with van der Waals surface area (Å²) in [6.07, 6.45) is 0. The Morgan fingerprint density at radius 1 is 1.15 bits per heavy atom. The molecule has 0 saturated heterocycles. The van der Waals surface area contributed by atoms with Crippen LogP contribution in [0.4, 0.5) is 14.5 Å². The van der Waals surface area contributed by atoms with Crippen molar-refractivity contribution in [3.63, 3.8) is 0 Å². The molecule has 0 fully saturated rings. The van der Waals surface area contributed by atoms with Gasteiger partial charge >= 0.3 is 0 Å². The van der Waals surface area contributed by atoms with Crippen LogP contribution in [0.1, 0.15) is 6.92 Å². The lowest BCUT2D eigenvalue weighted by molar-refractivity contribution is -0.116. The molecular weight excluding hydrogens is 366 g/mol. The van der Waals surface area contributed by atoms with Crippen molar-refractivity contribution in [1.82, 2.24) is 4.31 Å². The molecule has 0 spiro atoms. The number of rotatable bonds is 7. The lowest BCUT2D eigenvalue weighted by Gasteiger charge is -2.17. The Kier molecular flexibility index (Phi) is 6.27. The summed E-state index contributed by atoms with van der Waals surface area (Å²) in [5, 5.41) is 2.21. The van der Waals surface area contributed by atoms with Gasteiger partial charge in [0.1, 0.15) is 17.4 Å². The van der Waals surface area contributed by atoms with Gasteiger partial charge in [-0.15, -0.1) is 0 Å². The summed E-state index contributed by atoms with van der Waals surface area (Å²) in [5.74, 6) is -1.96. The highest BCUT2D eigenvalue weighted by Gasteiger charge is 2.23. The van der Waals surface area contributed by atoms with Crippen LogP contribution in [-0.4, -0.2) is 38.8 Å². The molecule has 1 amide bonds. The van der Waals surface area contributed by atoms with Crippen molar-refractivity contribution in [3.05, 3.63) is 54.1 Å². The standard InChI is InChI=1S/C17H18F2N2O4S/c1-3-25-13-5-7-14(8-6-13)26(23,24)21(2)11-17(22)20-16-9-4-12(18)10-15(16)19/h4-10H,3,11H2,1-2H3,(H,20,22). The number of nitrogens with zero attached hydrogens (tertiary/aromatic N) is 1. The van der Waals surface area contributed by atoms with Crippen LogP contribution in [0.15, 0.2) is 47.4 Å². The van der Waals surface area contributed by atoms with Crippen molar-refractivity contribution >= 4 is 21.6 Å². The Balaban J connectivity index is 2.07. The minimum Gasteiger partial charge on any atom is -0.494 e. The van der Waals surface area contributed by atoms with E-state index >= 15 is 0 Å². The van der Waals surface area contributed by atoms with E-state index in [4.69, 9.17) is 4.74 Å². The molecule has 140 valence electrons. The number of carbonyl (C=O) groups is 1. The Morgan fingerprint density at radius 3 is 2.38 bits per heavy atom. The zero-order valence-electron chi connectivity index (χ0n) is 14.2. The normalized spacial score (nSPS) is 11.4. The molecule has 0 aromatic heterocycles. The van der Waals surface area contributed by atoms with Crippen molar-refractivity contribution in [2.24, 2.45) is 0 Å². The Bertz CT molecular complexity index is 886. The number of likely N-dealkylation sites (N-methyl/N-ethyl adjacent to an activating group) is 1. The first-order valence-electron chi connectivity index (χ1n) is 7.68. The number of hydrogen-bond donors (Lipinski definition) is 1. The number of sulfonamides is 1. The second-order valence-electron chi connectivity index (χ2n) is 5.34. The van der Waals surface area contributed by atoms with Crippen LogP contribution in [0.2, 0.25) is 0 Å². The van der Waals surface area contributed by atoms with E-state index < -0.39 is 34.1 Å². The molecule has 0 saturated carbocycles. The van der Waals surface area contributed by atoms with Gasteiger partial charge in [0.25, 0.3) is 0 Å². The first-order valence-corrected chi connectivity index (χ1v) is 9.12. The third-order valence-corrected chi connectivity index (χ3v) is 5.23. The fraction of sp³-hybridized carbons (Fsp3) is 0.235. The summed E-state index contributed by atoms with van der Waals surface area (Å²) in [4.78, 5) is 12.0. The summed E-state index contributed by atoms with van der Waals surface area (Å²) in [7, 11) is -2.68. The molecule has 0 aliphatic carbocycles. The molecule has 0 atom stereocenters. The van der Waals surface area contributed by atoms with Gasteiger partial charge in [0, 0.05) is 13.1 Å². The average molecular weight is 384 g/mol. The van der Waals surface area contributed by atoms with Gasteiger partial charge in [0.05, 0.1) is 23.7 Å². The molecule has 1 N–H and O–H groups in total.